The van der Waals surface area contributed by atoms with E-state index in [0.717, 1.165) is 16.5 Å². The van der Waals surface area contributed by atoms with E-state index in [2.05, 4.69) is 9.82 Å². The summed E-state index contributed by atoms with van der Waals surface area (Å²) in [4.78, 5) is 7.68. The van der Waals surface area contributed by atoms with Crippen molar-refractivity contribution in [2.45, 2.75) is 6.61 Å². The monoisotopic (exact) mass is 196 g/mol. The number of aromatic nitrogens is 1. The second-order valence-electron chi connectivity index (χ2n) is 2.81. The molecular weight excluding hydrogens is 188 g/mol. The molecular formula is C9H9ClN2O. The number of aromatic amines is 1. The molecule has 0 atom stereocenters. The fraction of sp³-hybridized carbons (Fsp3) is 0.111. The van der Waals surface area contributed by atoms with E-state index in [1.807, 2.05) is 24.4 Å². The van der Waals surface area contributed by atoms with Crippen LogP contribution in [0.15, 0.2) is 24.4 Å². The number of rotatable bonds is 2. The zero-order valence-corrected chi connectivity index (χ0v) is 7.64. The topological polar surface area (TPSA) is 51.0 Å². The Morgan fingerprint density at radius 2 is 2.31 bits per heavy atom. The average Bonchev–Trinajstić information content (AvgIpc) is 2.49. The van der Waals surface area contributed by atoms with Crippen LogP contribution < -0.4 is 5.90 Å². The molecule has 1 heterocycles. The second-order valence-corrected chi connectivity index (χ2v) is 3.25. The van der Waals surface area contributed by atoms with Gasteiger partial charge in [0.2, 0.25) is 0 Å². The first-order valence-corrected chi connectivity index (χ1v) is 4.26. The normalized spacial score (nSPS) is 10.9. The molecule has 68 valence electrons. The van der Waals surface area contributed by atoms with Gasteiger partial charge in [-0.1, -0.05) is 11.6 Å². The van der Waals surface area contributed by atoms with Gasteiger partial charge in [-0.15, -0.1) is 0 Å². The van der Waals surface area contributed by atoms with Gasteiger partial charge in [0, 0.05) is 27.7 Å². The first-order valence-electron chi connectivity index (χ1n) is 3.88. The van der Waals surface area contributed by atoms with Gasteiger partial charge in [0.05, 0.1) is 6.61 Å². The van der Waals surface area contributed by atoms with Gasteiger partial charge in [-0.05, 0) is 18.2 Å². The fourth-order valence-corrected chi connectivity index (χ4v) is 1.53. The number of halogens is 1. The maximum absolute atomic E-state index is 5.86. The Hall–Kier alpha value is -1.03. The van der Waals surface area contributed by atoms with Crippen LogP contribution in [-0.2, 0) is 11.4 Å². The highest BCUT2D eigenvalue weighted by Crippen LogP contribution is 2.22. The van der Waals surface area contributed by atoms with Gasteiger partial charge >= 0.3 is 0 Å². The van der Waals surface area contributed by atoms with Crippen LogP contribution in [-0.4, -0.2) is 4.98 Å². The van der Waals surface area contributed by atoms with Crippen molar-refractivity contribution in [3.8, 4) is 0 Å². The number of hydrogen-bond donors (Lipinski definition) is 2. The molecule has 3 nitrogen and oxygen atoms in total. The summed E-state index contributed by atoms with van der Waals surface area (Å²) < 4.78 is 0. The third-order valence-corrected chi connectivity index (χ3v) is 2.20. The summed E-state index contributed by atoms with van der Waals surface area (Å²) in [7, 11) is 0. The molecule has 3 N–H and O–H groups in total. The van der Waals surface area contributed by atoms with Crippen LogP contribution in [0.1, 0.15) is 5.56 Å². The molecule has 0 bridgehead atoms. The highest BCUT2D eigenvalue weighted by atomic mass is 35.5. The summed E-state index contributed by atoms with van der Waals surface area (Å²) in [5.74, 6) is 5.00. The van der Waals surface area contributed by atoms with Gasteiger partial charge in [-0.3, -0.25) is 4.84 Å². The predicted octanol–water partition coefficient (Wildman–Crippen LogP) is 2.21. The van der Waals surface area contributed by atoms with Crippen LogP contribution >= 0.6 is 11.6 Å². The Labute approximate surface area is 80.4 Å². The molecule has 2 rings (SSSR count). The number of hydrogen-bond acceptors (Lipinski definition) is 2. The van der Waals surface area contributed by atoms with Gasteiger partial charge in [0.15, 0.2) is 0 Å². The number of H-pyrrole nitrogens is 1. The smallest absolute Gasteiger partial charge is 0.0950 e. The Bertz CT molecular complexity index is 424. The summed E-state index contributed by atoms with van der Waals surface area (Å²) in [6.45, 7) is 0.389. The van der Waals surface area contributed by atoms with Gasteiger partial charge in [-0.2, -0.15) is 0 Å². The molecule has 0 radical (unpaired) electrons. The molecule has 0 saturated carbocycles. The van der Waals surface area contributed by atoms with E-state index < -0.39 is 0 Å². The maximum atomic E-state index is 5.86. The molecule has 13 heavy (non-hydrogen) atoms. The predicted molar refractivity (Wildman–Crippen MR) is 52.3 cm³/mol. The first kappa shape index (κ1) is 8.56. The Balaban J connectivity index is 2.58. The zero-order valence-electron chi connectivity index (χ0n) is 6.88. The van der Waals surface area contributed by atoms with Crippen LogP contribution in [0.25, 0.3) is 10.9 Å². The highest BCUT2D eigenvalue weighted by Gasteiger charge is 2.03. The van der Waals surface area contributed by atoms with Crippen LogP contribution in [0.5, 0.6) is 0 Å². The van der Waals surface area contributed by atoms with Gasteiger partial charge in [0.25, 0.3) is 0 Å². The van der Waals surface area contributed by atoms with Crippen LogP contribution in [0.2, 0.25) is 5.02 Å². The van der Waals surface area contributed by atoms with Crippen molar-refractivity contribution in [1.82, 2.24) is 4.98 Å². The Morgan fingerprint density at radius 1 is 1.46 bits per heavy atom. The zero-order chi connectivity index (χ0) is 9.26. The highest BCUT2D eigenvalue weighted by molar-refractivity contribution is 6.31. The molecule has 2 aromatic rings. The number of nitrogens with two attached hydrogens (primary N) is 1. The number of fused-ring (bicyclic) bond motifs is 1. The van der Waals surface area contributed by atoms with Crippen LogP contribution in [0.4, 0.5) is 0 Å². The van der Waals surface area contributed by atoms with Crippen molar-refractivity contribution >= 4 is 22.5 Å². The Kier molecular flexibility index (Phi) is 2.22. The third kappa shape index (κ3) is 1.54. The molecule has 0 fully saturated rings. The molecule has 1 aromatic carbocycles. The first-order chi connectivity index (χ1) is 6.31. The summed E-state index contributed by atoms with van der Waals surface area (Å²) in [5.41, 5.74) is 2.05. The molecule has 0 unspecified atom stereocenters. The van der Waals surface area contributed by atoms with Crippen molar-refractivity contribution < 1.29 is 4.84 Å². The molecule has 0 aliphatic carbocycles. The fourth-order valence-electron chi connectivity index (χ4n) is 1.36. The number of benzene rings is 1. The lowest BCUT2D eigenvalue weighted by atomic mass is 10.2. The number of nitrogens with one attached hydrogen (secondary N) is 1. The van der Waals surface area contributed by atoms with E-state index in [1.54, 1.807) is 0 Å². The minimum Gasteiger partial charge on any atom is -0.361 e. The van der Waals surface area contributed by atoms with E-state index in [4.69, 9.17) is 17.5 Å². The van der Waals surface area contributed by atoms with E-state index in [0.29, 0.717) is 11.6 Å². The minimum atomic E-state index is 0.389. The average molecular weight is 197 g/mol. The third-order valence-electron chi connectivity index (χ3n) is 1.97. The Morgan fingerprint density at radius 3 is 3.08 bits per heavy atom. The SMILES string of the molecule is NOCc1c[nH]c2ccc(Cl)cc12. The maximum Gasteiger partial charge on any atom is 0.0950 e. The lowest BCUT2D eigenvalue weighted by Crippen LogP contribution is -1.97. The van der Waals surface area contributed by atoms with E-state index in [1.165, 1.54) is 0 Å². The molecule has 0 aliphatic rings. The van der Waals surface area contributed by atoms with Crippen molar-refractivity contribution in [3.05, 3.63) is 35.0 Å². The van der Waals surface area contributed by atoms with Gasteiger partial charge in [-0.25, -0.2) is 5.90 Å². The summed E-state index contributed by atoms with van der Waals surface area (Å²) in [5, 5.41) is 1.77. The molecule has 0 spiro atoms. The summed E-state index contributed by atoms with van der Waals surface area (Å²) >= 11 is 5.86. The van der Waals surface area contributed by atoms with Crippen molar-refractivity contribution in [1.29, 1.82) is 0 Å². The van der Waals surface area contributed by atoms with E-state index >= 15 is 0 Å². The second kappa shape index (κ2) is 3.38. The van der Waals surface area contributed by atoms with Gasteiger partial charge < -0.3 is 4.98 Å². The molecule has 4 heteroatoms. The largest absolute Gasteiger partial charge is 0.361 e. The lowest BCUT2D eigenvalue weighted by Gasteiger charge is -1.96. The minimum absolute atomic E-state index is 0.389. The van der Waals surface area contributed by atoms with E-state index in [-0.39, 0.29) is 0 Å². The summed E-state index contributed by atoms with van der Waals surface area (Å²) in [6.07, 6.45) is 1.87. The van der Waals surface area contributed by atoms with Crippen molar-refractivity contribution in [3.63, 3.8) is 0 Å². The van der Waals surface area contributed by atoms with Gasteiger partial charge in [0.1, 0.15) is 0 Å². The molecule has 0 aliphatic heterocycles. The molecule has 0 saturated heterocycles. The van der Waals surface area contributed by atoms with Crippen LogP contribution in [0.3, 0.4) is 0 Å². The van der Waals surface area contributed by atoms with Crippen molar-refractivity contribution in [2.24, 2.45) is 5.90 Å². The van der Waals surface area contributed by atoms with Crippen LogP contribution in [0, 0.1) is 0 Å². The standard InChI is InChI=1S/C9H9ClN2O/c10-7-1-2-9-8(3-7)6(4-12-9)5-13-11/h1-4,12H,5,11H2. The molecule has 1 aromatic heterocycles. The van der Waals surface area contributed by atoms with E-state index in [9.17, 15) is 0 Å². The lowest BCUT2D eigenvalue weighted by molar-refractivity contribution is 0.125. The summed E-state index contributed by atoms with van der Waals surface area (Å²) in [6, 6.07) is 5.66. The quantitative estimate of drug-likeness (QED) is 0.724. The van der Waals surface area contributed by atoms with Crippen molar-refractivity contribution in [2.75, 3.05) is 0 Å². The molecule has 0 amide bonds.